The molecule has 2 unspecified atom stereocenters. The van der Waals surface area contributed by atoms with Crippen LogP contribution in [-0.2, 0) is 17.7 Å². The summed E-state index contributed by atoms with van der Waals surface area (Å²) in [6, 6.07) is 12.4. The summed E-state index contributed by atoms with van der Waals surface area (Å²) in [7, 11) is 0. The number of benzene rings is 1. The maximum Gasteiger partial charge on any atom is 0.164 e. The van der Waals surface area contributed by atoms with E-state index < -0.39 is 0 Å². The summed E-state index contributed by atoms with van der Waals surface area (Å²) in [5.74, 6) is 2.20. The smallest absolute Gasteiger partial charge is 0.164 e. The van der Waals surface area contributed by atoms with Crippen LogP contribution in [-0.4, -0.2) is 51.0 Å². The summed E-state index contributed by atoms with van der Waals surface area (Å²) in [5.41, 5.74) is 1.17. The highest BCUT2D eigenvalue weighted by molar-refractivity contribution is 5.55. The van der Waals surface area contributed by atoms with Crippen LogP contribution in [0.5, 0.6) is 0 Å². The van der Waals surface area contributed by atoms with Crippen molar-refractivity contribution in [3.63, 3.8) is 0 Å². The standard InChI is InChI=1S/C19H24N4O/c1-2-4-14(5-3-1)19-21-20-18-12-16-6-7-17(13-22(18)19)23(16)15-8-10-24-11-9-15/h1-5,15-17H,6-13H2. The van der Waals surface area contributed by atoms with Gasteiger partial charge in [0.15, 0.2) is 5.82 Å². The molecule has 5 nitrogen and oxygen atoms in total. The predicted molar refractivity (Wildman–Crippen MR) is 91.7 cm³/mol. The molecular formula is C19H24N4O. The van der Waals surface area contributed by atoms with Gasteiger partial charge in [-0.1, -0.05) is 30.3 Å². The quantitative estimate of drug-likeness (QED) is 0.851. The van der Waals surface area contributed by atoms with E-state index in [4.69, 9.17) is 4.74 Å². The Morgan fingerprint density at radius 3 is 2.50 bits per heavy atom. The Kier molecular flexibility index (Phi) is 3.64. The first kappa shape index (κ1) is 14.6. The topological polar surface area (TPSA) is 43.2 Å². The summed E-state index contributed by atoms with van der Waals surface area (Å²) in [5, 5.41) is 9.07. The van der Waals surface area contributed by atoms with E-state index in [-0.39, 0.29) is 0 Å². The minimum Gasteiger partial charge on any atom is -0.381 e. The Labute approximate surface area is 142 Å². The second-order valence-corrected chi connectivity index (χ2v) is 7.30. The average Bonchev–Trinajstić information content (AvgIpc) is 3.16. The molecule has 5 rings (SSSR count). The van der Waals surface area contributed by atoms with Gasteiger partial charge in [-0.25, -0.2) is 0 Å². The van der Waals surface area contributed by atoms with Crippen LogP contribution in [0.15, 0.2) is 30.3 Å². The van der Waals surface area contributed by atoms with Crippen molar-refractivity contribution in [2.45, 2.75) is 56.8 Å². The molecule has 0 spiro atoms. The SMILES string of the molecule is c1ccc(-c2nnc3n2CC2CCC(C3)N2C2CCOCC2)cc1. The van der Waals surface area contributed by atoms with Gasteiger partial charge >= 0.3 is 0 Å². The van der Waals surface area contributed by atoms with E-state index in [9.17, 15) is 0 Å². The van der Waals surface area contributed by atoms with Crippen LogP contribution in [0.25, 0.3) is 11.4 Å². The first-order valence-corrected chi connectivity index (χ1v) is 9.23. The number of fused-ring (bicyclic) bond motifs is 3. The van der Waals surface area contributed by atoms with Crippen molar-refractivity contribution in [1.29, 1.82) is 0 Å². The largest absolute Gasteiger partial charge is 0.381 e. The lowest BCUT2D eigenvalue weighted by Gasteiger charge is -2.38. The molecule has 3 aliphatic heterocycles. The molecule has 24 heavy (non-hydrogen) atoms. The van der Waals surface area contributed by atoms with Crippen molar-refractivity contribution in [1.82, 2.24) is 19.7 Å². The molecule has 0 radical (unpaired) electrons. The lowest BCUT2D eigenvalue weighted by atomic mass is 10.0. The number of rotatable bonds is 2. The van der Waals surface area contributed by atoms with Gasteiger partial charge < -0.3 is 9.30 Å². The van der Waals surface area contributed by atoms with E-state index in [0.717, 1.165) is 37.8 Å². The number of hydrogen-bond acceptors (Lipinski definition) is 4. The first-order valence-electron chi connectivity index (χ1n) is 9.23. The summed E-state index contributed by atoms with van der Waals surface area (Å²) in [6.45, 7) is 2.87. The Hall–Kier alpha value is -1.72. The second-order valence-electron chi connectivity index (χ2n) is 7.30. The molecule has 4 heterocycles. The summed E-state index contributed by atoms with van der Waals surface area (Å²) < 4.78 is 7.96. The van der Waals surface area contributed by atoms with Crippen LogP contribution in [0, 0.1) is 0 Å². The van der Waals surface area contributed by atoms with Crippen molar-refractivity contribution in [2.24, 2.45) is 0 Å². The fourth-order valence-electron chi connectivity index (χ4n) is 4.85. The molecule has 2 saturated heterocycles. The Balaban J connectivity index is 1.47. The third-order valence-electron chi connectivity index (χ3n) is 5.96. The van der Waals surface area contributed by atoms with Crippen molar-refractivity contribution in [3.8, 4) is 11.4 Å². The maximum atomic E-state index is 5.58. The van der Waals surface area contributed by atoms with E-state index >= 15 is 0 Å². The zero-order valence-corrected chi connectivity index (χ0v) is 14.0. The van der Waals surface area contributed by atoms with E-state index in [1.54, 1.807) is 0 Å². The van der Waals surface area contributed by atoms with Gasteiger partial charge in [0.2, 0.25) is 0 Å². The number of ether oxygens (including phenoxy) is 1. The van der Waals surface area contributed by atoms with Gasteiger partial charge in [0.05, 0.1) is 0 Å². The lowest BCUT2D eigenvalue weighted by Crippen LogP contribution is -2.47. The Morgan fingerprint density at radius 2 is 1.67 bits per heavy atom. The zero-order chi connectivity index (χ0) is 15.9. The Bertz CT molecular complexity index is 707. The van der Waals surface area contributed by atoms with Gasteiger partial charge in [0.1, 0.15) is 5.82 Å². The molecule has 2 fully saturated rings. The van der Waals surface area contributed by atoms with Crippen LogP contribution in [0.1, 0.15) is 31.5 Å². The van der Waals surface area contributed by atoms with Crippen molar-refractivity contribution in [2.75, 3.05) is 13.2 Å². The van der Waals surface area contributed by atoms with Crippen molar-refractivity contribution >= 4 is 0 Å². The fourth-order valence-corrected chi connectivity index (χ4v) is 4.85. The number of aromatic nitrogens is 3. The first-order chi connectivity index (χ1) is 11.9. The highest BCUT2D eigenvalue weighted by atomic mass is 16.5. The van der Waals surface area contributed by atoms with Gasteiger partial charge in [-0.15, -0.1) is 10.2 Å². The van der Waals surface area contributed by atoms with Crippen LogP contribution < -0.4 is 0 Å². The molecule has 2 aromatic rings. The summed E-state index contributed by atoms with van der Waals surface area (Å²) >= 11 is 0. The normalized spacial score (nSPS) is 27.8. The molecule has 3 aliphatic rings. The van der Waals surface area contributed by atoms with Gasteiger partial charge in [0, 0.05) is 49.9 Å². The van der Waals surface area contributed by atoms with E-state index in [2.05, 4.69) is 50.0 Å². The Morgan fingerprint density at radius 1 is 0.875 bits per heavy atom. The summed E-state index contributed by atoms with van der Waals surface area (Å²) in [6.07, 6.45) is 6.00. The molecule has 1 aromatic heterocycles. The van der Waals surface area contributed by atoms with Crippen LogP contribution >= 0.6 is 0 Å². The lowest BCUT2D eigenvalue weighted by molar-refractivity contribution is 0.0138. The van der Waals surface area contributed by atoms with Crippen molar-refractivity contribution < 1.29 is 4.74 Å². The monoisotopic (exact) mass is 324 g/mol. The minimum absolute atomic E-state index is 0.623. The van der Waals surface area contributed by atoms with E-state index in [0.29, 0.717) is 18.1 Å². The second kappa shape index (κ2) is 5.97. The van der Waals surface area contributed by atoms with Gasteiger partial charge in [-0.3, -0.25) is 4.90 Å². The predicted octanol–water partition coefficient (Wildman–Crippen LogP) is 2.51. The molecule has 2 atom stereocenters. The molecule has 0 aliphatic carbocycles. The van der Waals surface area contributed by atoms with Gasteiger partial charge in [-0.2, -0.15) is 0 Å². The van der Waals surface area contributed by atoms with Crippen LogP contribution in [0.4, 0.5) is 0 Å². The molecule has 0 amide bonds. The molecule has 0 N–H and O–H groups in total. The van der Waals surface area contributed by atoms with Gasteiger partial charge in [-0.05, 0) is 25.7 Å². The number of nitrogens with zero attached hydrogens (tertiary/aromatic N) is 4. The van der Waals surface area contributed by atoms with Crippen LogP contribution in [0.3, 0.4) is 0 Å². The van der Waals surface area contributed by atoms with E-state index in [1.807, 2.05) is 0 Å². The fraction of sp³-hybridized carbons (Fsp3) is 0.579. The molecular weight excluding hydrogens is 300 g/mol. The molecule has 126 valence electrons. The summed E-state index contributed by atoms with van der Waals surface area (Å²) in [4.78, 5) is 2.81. The average molecular weight is 324 g/mol. The number of hydrogen-bond donors (Lipinski definition) is 0. The highest BCUT2D eigenvalue weighted by Crippen LogP contribution is 2.36. The van der Waals surface area contributed by atoms with Crippen molar-refractivity contribution in [3.05, 3.63) is 36.2 Å². The van der Waals surface area contributed by atoms with E-state index in [1.165, 1.54) is 31.2 Å². The molecule has 2 bridgehead atoms. The van der Waals surface area contributed by atoms with Gasteiger partial charge in [0.25, 0.3) is 0 Å². The van der Waals surface area contributed by atoms with Crippen LogP contribution in [0.2, 0.25) is 0 Å². The molecule has 0 saturated carbocycles. The molecule has 1 aromatic carbocycles. The third-order valence-corrected chi connectivity index (χ3v) is 5.96. The maximum absolute atomic E-state index is 5.58. The highest BCUT2D eigenvalue weighted by Gasteiger charge is 2.42. The molecule has 5 heteroatoms. The minimum atomic E-state index is 0.623. The zero-order valence-electron chi connectivity index (χ0n) is 14.0. The third kappa shape index (κ3) is 2.38.